The van der Waals surface area contributed by atoms with Gasteiger partial charge in [-0.15, -0.1) is 0 Å². The van der Waals surface area contributed by atoms with E-state index in [1.807, 2.05) is 4.90 Å². The number of nitrogens with zero attached hydrogens (tertiary/aromatic N) is 3. The highest BCUT2D eigenvalue weighted by Crippen LogP contribution is 2.29. The molecular weight excluding hydrogens is 449 g/mol. The number of nitrogens with two attached hydrogens (primary N) is 1. The van der Waals surface area contributed by atoms with Gasteiger partial charge in [0, 0.05) is 37.5 Å². The zero-order valence-corrected chi connectivity index (χ0v) is 18.3. The smallest absolute Gasteiger partial charge is 0.321 e. The Morgan fingerprint density at radius 1 is 1.24 bits per heavy atom. The lowest BCUT2D eigenvalue weighted by molar-refractivity contribution is 0.0665. The summed E-state index contributed by atoms with van der Waals surface area (Å²) < 4.78 is 41.0. The second kappa shape index (κ2) is 10.1. The third-order valence-corrected chi connectivity index (χ3v) is 6.02. The number of imidazole rings is 1. The minimum Gasteiger partial charge on any atom is -0.369 e. The van der Waals surface area contributed by atoms with Crippen molar-refractivity contribution in [2.75, 3.05) is 24.5 Å². The Kier molecular flexibility index (Phi) is 7.01. The van der Waals surface area contributed by atoms with E-state index in [0.29, 0.717) is 42.5 Å². The number of amides is 1. The van der Waals surface area contributed by atoms with Gasteiger partial charge in [-0.1, -0.05) is 12.1 Å². The first-order valence-electron chi connectivity index (χ1n) is 10.9. The van der Waals surface area contributed by atoms with E-state index in [2.05, 4.69) is 15.3 Å². The average molecular weight is 474 g/mol. The highest BCUT2D eigenvalue weighted by molar-refractivity contribution is 5.91. The maximum Gasteiger partial charge on any atom is 0.321 e. The Morgan fingerprint density at radius 2 is 2.00 bits per heavy atom. The van der Waals surface area contributed by atoms with Crippen molar-refractivity contribution in [2.24, 2.45) is 11.7 Å². The minimum absolute atomic E-state index is 0.0356. The van der Waals surface area contributed by atoms with Crippen molar-refractivity contribution < 1.29 is 18.0 Å². The summed E-state index contributed by atoms with van der Waals surface area (Å²) in [6.07, 6.45) is 4.07. The predicted octanol–water partition coefficient (Wildman–Crippen LogP) is 2.88. The third kappa shape index (κ3) is 4.98. The van der Waals surface area contributed by atoms with Crippen molar-refractivity contribution in [1.82, 2.24) is 19.9 Å². The molecule has 1 aliphatic rings. The Labute approximate surface area is 193 Å². The lowest BCUT2D eigenvalue weighted by Crippen LogP contribution is -2.37. The highest BCUT2D eigenvalue weighted by Gasteiger charge is 2.23. The summed E-state index contributed by atoms with van der Waals surface area (Å²) in [4.78, 5) is 32.9. The molecule has 11 heteroatoms. The molecule has 180 valence electrons. The van der Waals surface area contributed by atoms with Crippen LogP contribution in [0.15, 0.2) is 47.5 Å². The maximum absolute atomic E-state index is 14.7. The molecule has 1 saturated heterocycles. The normalized spacial score (nSPS) is 14.6. The first-order valence-corrected chi connectivity index (χ1v) is 10.9. The molecule has 1 fully saturated rings. The summed E-state index contributed by atoms with van der Waals surface area (Å²) in [7, 11) is 0. The van der Waals surface area contributed by atoms with Crippen LogP contribution in [0.1, 0.15) is 35.6 Å². The summed E-state index contributed by atoms with van der Waals surface area (Å²) >= 11 is 0. The van der Waals surface area contributed by atoms with E-state index in [-0.39, 0.29) is 28.3 Å². The largest absolute Gasteiger partial charge is 0.369 e. The summed E-state index contributed by atoms with van der Waals surface area (Å²) in [5.74, 6) is -0.497. The molecular formula is C23H25F3N6O2. The number of nitrogens with one attached hydrogen (secondary N) is 2. The Hall–Kier alpha value is -3.60. The number of H-pyrrole nitrogens is 1. The quantitative estimate of drug-likeness (QED) is 0.488. The number of benzene rings is 1. The Balaban J connectivity index is 1.46. The fraction of sp³-hybridized carbons (Fsp3) is 0.348. The molecule has 2 aromatic heterocycles. The number of halogens is 3. The summed E-state index contributed by atoms with van der Waals surface area (Å²) in [5.41, 5.74) is 6.59. The van der Waals surface area contributed by atoms with Gasteiger partial charge >= 0.3 is 6.55 Å². The molecule has 1 amide bonds. The molecule has 8 nitrogen and oxygen atoms in total. The highest BCUT2D eigenvalue weighted by atomic mass is 19.3. The van der Waals surface area contributed by atoms with Crippen molar-refractivity contribution in [1.29, 1.82) is 0 Å². The van der Waals surface area contributed by atoms with E-state index in [4.69, 9.17) is 5.73 Å². The monoisotopic (exact) mass is 474 g/mol. The van der Waals surface area contributed by atoms with Crippen LogP contribution in [0.5, 0.6) is 0 Å². The standard InChI is InChI=1S/C23H25F3N6O2/c24-17-3-1-2-15(20(17)31-8-6-14(10-27)7-9-31)11-29-22(34)21-28-12-18(30-21)16-4-5-19(33)32(13-16)23(25)26/h1-5,12-14,23H,6-11,27H2,(H,28,30)(H,29,34). The van der Waals surface area contributed by atoms with Crippen LogP contribution in [0.25, 0.3) is 11.3 Å². The number of carbonyl (C=O) groups is 1. The average Bonchev–Trinajstić information content (AvgIpc) is 3.33. The van der Waals surface area contributed by atoms with E-state index < -0.39 is 18.0 Å². The maximum atomic E-state index is 14.7. The molecule has 0 atom stereocenters. The molecule has 0 saturated carbocycles. The van der Waals surface area contributed by atoms with Gasteiger partial charge in [0.25, 0.3) is 11.5 Å². The summed E-state index contributed by atoms with van der Waals surface area (Å²) in [5, 5.41) is 2.72. The van der Waals surface area contributed by atoms with Crippen molar-refractivity contribution in [3.8, 4) is 11.3 Å². The zero-order valence-electron chi connectivity index (χ0n) is 18.3. The first-order chi connectivity index (χ1) is 16.4. The number of alkyl halides is 2. The number of hydrogen-bond donors (Lipinski definition) is 3. The molecule has 4 rings (SSSR count). The zero-order chi connectivity index (χ0) is 24.2. The summed E-state index contributed by atoms with van der Waals surface area (Å²) in [6, 6.07) is 7.13. The fourth-order valence-electron chi connectivity index (χ4n) is 4.11. The van der Waals surface area contributed by atoms with E-state index in [9.17, 15) is 22.8 Å². The van der Waals surface area contributed by atoms with Crippen LogP contribution in [0.4, 0.5) is 18.9 Å². The lowest BCUT2D eigenvalue weighted by Gasteiger charge is -2.34. The van der Waals surface area contributed by atoms with Gasteiger partial charge in [-0.2, -0.15) is 8.78 Å². The molecule has 0 aliphatic carbocycles. The number of hydrogen-bond acceptors (Lipinski definition) is 5. The molecule has 0 unspecified atom stereocenters. The number of aromatic amines is 1. The molecule has 34 heavy (non-hydrogen) atoms. The number of rotatable bonds is 7. The van der Waals surface area contributed by atoms with Crippen molar-refractivity contribution in [2.45, 2.75) is 25.9 Å². The number of pyridine rings is 1. The molecule has 0 bridgehead atoms. The predicted molar refractivity (Wildman–Crippen MR) is 121 cm³/mol. The molecule has 3 heterocycles. The Bertz CT molecular complexity index is 1220. The van der Waals surface area contributed by atoms with E-state index in [0.717, 1.165) is 25.1 Å². The number of carbonyl (C=O) groups excluding carboxylic acids is 1. The van der Waals surface area contributed by atoms with Crippen molar-refractivity contribution in [3.05, 3.63) is 70.3 Å². The van der Waals surface area contributed by atoms with Crippen LogP contribution in [0.2, 0.25) is 0 Å². The molecule has 0 radical (unpaired) electrons. The van der Waals surface area contributed by atoms with Gasteiger partial charge in [0.2, 0.25) is 0 Å². The molecule has 1 aromatic carbocycles. The second-order valence-electron chi connectivity index (χ2n) is 8.18. The van der Waals surface area contributed by atoms with E-state index >= 15 is 0 Å². The topological polar surface area (TPSA) is 109 Å². The fourth-order valence-corrected chi connectivity index (χ4v) is 4.11. The molecule has 4 N–H and O–H groups in total. The van der Waals surface area contributed by atoms with E-state index in [1.54, 1.807) is 12.1 Å². The van der Waals surface area contributed by atoms with Crippen LogP contribution >= 0.6 is 0 Å². The van der Waals surface area contributed by atoms with Crippen molar-refractivity contribution >= 4 is 11.6 Å². The number of para-hydroxylation sites is 1. The minimum atomic E-state index is -2.99. The van der Waals surface area contributed by atoms with Gasteiger partial charge in [0.1, 0.15) is 5.82 Å². The van der Waals surface area contributed by atoms with Crippen LogP contribution in [-0.4, -0.2) is 40.1 Å². The second-order valence-corrected chi connectivity index (χ2v) is 8.18. The van der Waals surface area contributed by atoms with E-state index in [1.165, 1.54) is 18.3 Å². The van der Waals surface area contributed by atoms with Gasteiger partial charge in [0.15, 0.2) is 5.82 Å². The van der Waals surface area contributed by atoms with Gasteiger partial charge < -0.3 is 20.9 Å². The molecule has 1 aliphatic heterocycles. The lowest BCUT2D eigenvalue weighted by atomic mass is 9.96. The van der Waals surface area contributed by atoms with Gasteiger partial charge in [-0.3, -0.25) is 14.2 Å². The van der Waals surface area contributed by atoms with Gasteiger partial charge in [-0.05, 0) is 43.0 Å². The van der Waals surface area contributed by atoms with Crippen LogP contribution < -0.4 is 21.5 Å². The SMILES string of the molecule is NCC1CCN(c2c(F)cccc2CNC(=O)c2ncc(-c3ccc(=O)n(C(F)F)c3)[nH]2)CC1. The third-order valence-electron chi connectivity index (χ3n) is 6.02. The van der Waals surface area contributed by atoms with Crippen molar-refractivity contribution in [3.63, 3.8) is 0 Å². The van der Waals surface area contributed by atoms with Crippen LogP contribution in [0.3, 0.4) is 0 Å². The number of aromatic nitrogens is 3. The van der Waals surface area contributed by atoms with Crippen LogP contribution in [0, 0.1) is 11.7 Å². The summed E-state index contributed by atoms with van der Waals surface area (Å²) in [6.45, 7) is -0.921. The molecule has 3 aromatic rings. The Morgan fingerprint density at radius 3 is 2.71 bits per heavy atom. The van der Waals surface area contributed by atoms with Gasteiger partial charge in [0.05, 0.1) is 17.6 Å². The first kappa shape index (κ1) is 23.6. The van der Waals surface area contributed by atoms with Gasteiger partial charge in [-0.25, -0.2) is 9.37 Å². The van der Waals surface area contributed by atoms with Crippen LogP contribution in [-0.2, 0) is 6.54 Å². The molecule has 0 spiro atoms. The number of piperidine rings is 1. The number of anilines is 1.